The lowest BCUT2D eigenvalue weighted by Crippen LogP contribution is -2.23. The molecule has 20 heavy (non-hydrogen) atoms. The molecule has 1 aromatic heterocycles. The minimum atomic E-state index is -0.466. The van der Waals surface area contributed by atoms with Gasteiger partial charge in [0, 0.05) is 16.6 Å². The first-order valence-corrected chi connectivity index (χ1v) is 6.79. The molecule has 0 amide bonds. The van der Waals surface area contributed by atoms with Gasteiger partial charge in [-0.05, 0) is 25.1 Å². The highest BCUT2D eigenvalue weighted by atomic mass is 32.2. The Kier molecular flexibility index (Phi) is 4.19. The molecule has 0 saturated heterocycles. The van der Waals surface area contributed by atoms with Gasteiger partial charge in [0.15, 0.2) is 0 Å². The summed E-state index contributed by atoms with van der Waals surface area (Å²) < 4.78 is 10.9. The maximum Gasteiger partial charge on any atom is 0.290 e. The van der Waals surface area contributed by atoms with Crippen molar-refractivity contribution in [2.75, 3.05) is 18.6 Å². The summed E-state index contributed by atoms with van der Waals surface area (Å²) >= 11 is 1.22. The number of aromatic nitrogens is 1. The lowest BCUT2D eigenvalue weighted by Gasteiger charge is -2.07. The molecular formula is C13H14N2O4S. The zero-order chi connectivity index (χ0) is 14.7. The summed E-state index contributed by atoms with van der Waals surface area (Å²) in [4.78, 5) is 24.1. The SMILES string of the molecule is COc1ccc(N)c(SCC(=O)n2oc(C)cc2=O)c1. The maximum atomic E-state index is 11.9. The molecule has 2 rings (SSSR count). The first kappa shape index (κ1) is 14.3. The minimum Gasteiger partial charge on any atom is -0.497 e. The Morgan fingerprint density at radius 3 is 2.80 bits per heavy atom. The van der Waals surface area contributed by atoms with Crippen LogP contribution in [0.15, 0.2) is 38.5 Å². The van der Waals surface area contributed by atoms with Crippen molar-refractivity contribution in [3.8, 4) is 5.75 Å². The second-order valence-electron chi connectivity index (χ2n) is 4.07. The number of ether oxygens (including phenoxy) is 1. The Balaban J connectivity index is 2.11. The van der Waals surface area contributed by atoms with E-state index >= 15 is 0 Å². The lowest BCUT2D eigenvalue weighted by atomic mass is 10.3. The Hall–Kier alpha value is -2.15. The molecule has 1 heterocycles. The molecule has 106 valence electrons. The highest BCUT2D eigenvalue weighted by Gasteiger charge is 2.13. The first-order chi connectivity index (χ1) is 9.51. The molecule has 0 unspecified atom stereocenters. The van der Waals surface area contributed by atoms with E-state index in [1.54, 1.807) is 32.2 Å². The molecular weight excluding hydrogens is 280 g/mol. The topological polar surface area (TPSA) is 87.5 Å². The van der Waals surface area contributed by atoms with Crippen LogP contribution in [0.2, 0.25) is 0 Å². The molecule has 0 radical (unpaired) electrons. The third-order valence-corrected chi connectivity index (χ3v) is 3.62. The molecule has 0 aliphatic heterocycles. The number of anilines is 1. The second kappa shape index (κ2) is 5.87. The zero-order valence-corrected chi connectivity index (χ0v) is 11.9. The van der Waals surface area contributed by atoms with Gasteiger partial charge in [0.1, 0.15) is 11.5 Å². The third kappa shape index (κ3) is 3.05. The largest absolute Gasteiger partial charge is 0.497 e. The number of nitrogen functional groups attached to an aromatic ring is 1. The number of thioether (sulfide) groups is 1. The molecule has 7 heteroatoms. The fourth-order valence-corrected chi connectivity index (χ4v) is 2.42. The standard InChI is InChI=1S/C13H14N2O4S/c1-8-5-12(16)15(19-8)13(17)7-20-11-6-9(18-2)3-4-10(11)14/h3-6H,7,14H2,1-2H3. The Bertz CT molecular complexity index is 690. The van der Waals surface area contributed by atoms with Crippen LogP contribution in [0.25, 0.3) is 0 Å². The molecule has 0 spiro atoms. The molecule has 0 atom stereocenters. The number of hydrogen-bond donors (Lipinski definition) is 1. The highest BCUT2D eigenvalue weighted by molar-refractivity contribution is 8.00. The second-order valence-corrected chi connectivity index (χ2v) is 5.08. The molecule has 0 saturated carbocycles. The van der Waals surface area contributed by atoms with Crippen molar-refractivity contribution in [1.82, 2.24) is 4.74 Å². The summed E-state index contributed by atoms with van der Waals surface area (Å²) in [5, 5.41) is 0. The normalized spacial score (nSPS) is 10.5. The van der Waals surface area contributed by atoms with Crippen LogP contribution in [0.3, 0.4) is 0 Å². The van der Waals surface area contributed by atoms with Crippen LogP contribution in [0.5, 0.6) is 5.75 Å². The van der Waals surface area contributed by atoms with Gasteiger partial charge in [-0.25, -0.2) is 0 Å². The van der Waals surface area contributed by atoms with E-state index in [1.807, 2.05) is 0 Å². The van der Waals surface area contributed by atoms with E-state index in [1.165, 1.54) is 17.8 Å². The van der Waals surface area contributed by atoms with Gasteiger partial charge in [0.25, 0.3) is 11.5 Å². The van der Waals surface area contributed by atoms with Crippen LogP contribution in [0, 0.1) is 6.92 Å². The highest BCUT2D eigenvalue weighted by Crippen LogP contribution is 2.29. The number of nitrogens with zero attached hydrogens (tertiary/aromatic N) is 1. The average Bonchev–Trinajstić information content (AvgIpc) is 2.76. The molecule has 1 aromatic carbocycles. The summed E-state index contributed by atoms with van der Waals surface area (Å²) in [5.41, 5.74) is 5.91. The van der Waals surface area contributed by atoms with Crippen molar-refractivity contribution in [1.29, 1.82) is 0 Å². The first-order valence-electron chi connectivity index (χ1n) is 5.80. The van der Waals surface area contributed by atoms with Crippen molar-refractivity contribution >= 4 is 23.4 Å². The number of rotatable bonds is 4. The van der Waals surface area contributed by atoms with E-state index in [0.717, 1.165) is 4.74 Å². The molecule has 2 N–H and O–H groups in total. The number of nitrogens with two attached hydrogens (primary N) is 1. The van der Waals surface area contributed by atoms with E-state index in [2.05, 4.69) is 0 Å². The number of aryl methyl sites for hydroxylation is 1. The summed E-state index contributed by atoms with van der Waals surface area (Å²) in [7, 11) is 1.55. The van der Waals surface area contributed by atoms with Gasteiger partial charge in [-0.1, -0.05) is 0 Å². The van der Waals surface area contributed by atoms with Crippen molar-refractivity contribution in [2.24, 2.45) is 0 Å². The Morgan fingerprint density at radius 2 is 2.20 bits per heavy atom. The van der Waals surface area contributed by atoms with Crippen LogP contribution in [-0.4, -0.2) is 23.5 Å². The van der Waals surface area contributed by atoms with Gasteiger partial charge in [-0.15, -0.1) is 16.5 Å². The van der Waals surface area contributed by atoms with Crippen LogP contribution in [0.1, 0.15) is 10.6 Å². The smallest absolute Gasteiger partial charge is 0.290 e. The number of methoxy groups -OCH3 is 1. The van der Waals surface area contributed by atoms with Gasteiger partial charge in [0.05, 0.1) is 12.9 Å². The molecule has 0 aliphatic rings. The molecule has 0 bridgehead atoms. The lowest BCUT2D eigenvalue weighted by molar-refractivity contribution is 0.0813. The van der Waals surface area contributed by atoms with E-state index < -0.39 is 11.5 Å². The molecule has 0 fully saturated rings. The van der Waals surface area contributed by atoms with Gasteiger partial charge < -0.3 is 15.0 Å². The summed E-state index contributed by atoms with van der Waals surface area (Å²) in [6, 6.07) is 6.45. The van der Waals surface area contributed by atoms with Gasteiger partial charge in [-0.3, -0.25) is 9.59 Å². The van der Waals surface area contributed by atoms with Crippen molar-refractivity contribution in [2.45, 2.75) is 11.8 Å². The van der Waals surface area contributed by atoms with Crippen LogP contribution in [0.4, 0.5) is 5.69 Å². The van der Waals surface area contributed by atoms with Gasteiger partial charge in [-0.2, -0.15) is 0 Å². The summed E-state index contributed by atoms with van der Waals surface area (Å²) in [5.74, 6) is 0.661. The molecule has 6 nitrogen and oxygen atoms in total. The summed E-state index contributed by atoms with van der Waals surface area (Å²) in [6.07, 6.45) is 0. The van der Waals surface area contributed by atoms with Crippen molar-refractivity contribution in [3.63, 3.8) is 0 Å². The van der Waals surface area contributed by atoms with Gasteiger partial charge >= 0.3 is 0 Å². The quantitative estimate of drug-likeness (QED) is 0.683. The third-order valence-electron chi connectivity index (χ3n) is 2.56. The number of carbonyl (C=O) groups excluding carboxylic acids is 1. The monoisotopic (exact) mass is 294 g/mol. The molecule has 0 aliphatic carbocycles. The van der Waals surface area contributed by atoms with Crippen molar-refractivity contribution < 1.29 is 14.1 Å². The van der Waals surface area contributed by atoms with Crippen LogP contribution in [-0.2, 0) is 0 Å². The van der Waals surface area contributed by atoms with Crippen LogP contribution < -0.4 is 16.0 Å². The maximum absolute atomic E-state index is 11.9. The van der Waals surface area contributed by atoms with Crippen molar-refractivity contribution in [3.05, 3.63) is 40.4 Å². The fraction of sp³-hybridized carbons (Fsp3) is 0.231. The predicted octanol–water partition coefficient (Wildman–Crippen LogP) is 1.77. The van der Waals surface area contributed by atoms with Crippen LogP contribution >= 0.6 is 11.8 Å². The average molecular weight is 294 g/mol. The minimum absolute atomic E-state index is 0.0459. The van der Waals surface area contributed by atoms with E-state index in [9.17, 15) is 9.59 Å². The number of carbonyl (C=O) groups is 1. The fourth-order valence-electron chi connectivity index (χ4n) is 1.59. The zero-order valence-electron chi connectivity index (χ0n) is 11.1. The number of benzene rings is 1. The van der Waals surface area contributed by atoms with E-state index in [0.29, 0.717) is 22.1 Å². The summed E-state index contributed by atoms with van der Waals surface area (Å²) in [6.45, 7) is 1.61. The van der Waals surface area contributed by atoms with E-state index in [-0.39, 0.29) is 5.75 Å². The Labute approximate surface area is 119 Å². The predicted molar refractivity (Wildman–Crippen MR) is 76.5 cm³/mol. The molecule has 2 aromatic rings. The number of hydrogen-bond acceptors (Lipinski definition) is 6. The van der Waals surface area contributed by atoms with Gasteiger partial charge in [0.2, 0.25) is 0 Å². The van der Waals surface area contributed by atoms with E-state index in [4.69, 9.17) is 15.0 Å². The Morgan fingerprint density at radius 1 is 1.45 bits per heavy atom.